The van der Waals surface area contributed by atoms with Gasteiger partial charge in [-0.3, -0.25) is 91.1 Å². The van der Waals surface area contributed by atoms with Gasteiger partial charge in [0.25, 0.3) is 0 Å². The monoisotopic (exact) mass is 1980 g/mol. The quantitative estimate of drug-likeness (QED) is 0.0222. The zero-order valence-corrected chi connectivity index (χ0v) is 86.4. The van der Waals surface area contributed by atoms with Gasteiger partial charge in [-0.1, -0.05) is 103 Å². The van der Waals surface area contributed by atoms with Crippen LogP contribution in [0.3, 0.4) is 0 Å². The molecular formula is C93H175N25O19S. The molecule has 0 aliphatic carbocycles. The zero-order chi connectivity index (χ0) is 106. The molecule has 0 heterocycles. The average Bonchev–Trinajstić information content (AvgIpc) is 0.851. The van der Waals surface area contributed by atoms with E-state index >= 15 is 0 Å². The molecule has 0 aliphatic heterocycles. The summed E-state index contributed by atoms with van der Waals surface area (Å²) in [7, 11) is 0. The van der Waals surface area contributed by atoms with Crippen LogP contribution in [-0.4, -0.2) is 266 Å². The van der Waals surface area contributed by atoms with E-state index in [0.717, 1.165) is 0 Å². The predicted molar refractivity (Wildman–Crippen MR) is 531 cm³/mol. The molecule has 32 N–H and O–H groups in total. The minimum absolute atomic E-state index is 0.00741. The molecule has 19 amide bonds. The largest absolute Gasteiger partial charge is 0.368 e. The summed E-state index contributed by atoms with van der Waals surface area (Å²) in [5, 5.41) is 47.9. The van der Waals surface area contributed by atoms with Gasteiger partial charge in [-0.05, 0) is 251 Å². The number of primary amides is 1. The van der Waals surface area contributed by atoms with E-state index in [2.05, 4.69) is 108 Å². The van der Waals surface area contributed by atoms with Crippen molar-refractivity contribution < 1.29 is 91.1 Å². The summed E-state index contributed by atoms with van der Waals surface area (Å²) in [6.45, 7) is 34.8. The topological polar surface area (TPSA) is 723 Å². The highest BCUT2D eigenvalue weighted by atomic mass is 32.1. The second-order valence-electron chi connectivity index (χ2n) is 39.1. The first-order valence-corrected chi connectivity index (χ1v) is 49.9. The van der Waals surface area contributed by atoms with Gasteiger partial charge in [0.2, 0.25) is 112 Å². The first-order chi connectivity index (χ1) is 64.6. The van der Waals surface area contributed by atoms with E-state index in [1.165, 1.54) is 41.5 Å². The lowest BCUT2D eigenvalue weighted by Crippen LogP contribution is -2.60. The van der Waals surface area contributed by atoms with Gasteiger partial charge >= 0.3 is 0 Å². The first-order valence-electron chi connectivity index (χ1n) is 49.3. The Balaban J connectivity index is 6.74. The number of hydrogen-bond donors (Lipinski definition) is 26. The van der Waals surface area contributed by atoms with Crippen LogP contribution in [0.5, 0.6) is 0 Å². The van der Waals surface area contributed by atoms with Crippen molar-refractivity contribution in [3.8, 4) is 0 Å². The Hall–Kier alpha value is -9.96. The van der Waals surface area contributed by atoms with Gasteiger partial charge in [-0.25, -0.2) is 0 Å². The predicted octanol–water partition coefficient (Wildman–Crippen LogP) is -2.46. The smallest absolute Gasteiger partial charge is 0.243 e. The molecule has 0 fully saturated rings. The molecule has 19 atom stereocenters. The van der Waals surface area contributed by atoms with Gasteiger partial charge in [0.1, 0.15) is 109 Å². The molecular weight excluding hydrogens is 1800 g/mol. The van der Waals surface area contributed by atoms with Crippen molar-refractivity contribution >= 4 is 125 Å². The van der Waals surface area contributed by atoms with Gasteiger partial charge in [0.15, 0.2) is 0 Å². The fourth-order valence-electron chi connectivity index (χ4n) is 14.5. The summed E-state index contributed by atoms with van der Waals surface area (Å²) < 4.78 is 0. The van der Waals surface area contributed by atoms with Crippen LogP contribution in [0, 0.1) is 41.4 Å². The summed E-state index contributed by atoms with van der Waals surface area (Å²) in [6.07, 6.45) is 5.45. The van der Waals surface area contributed by atoms with E-state index in [0.29, 0.717) is 77.2 Å². The van der Waals surface area contributed by atoms with Crippen LogP contribution in [-0.2, 0) is 91.1 Å². The van der Waals surface area contributed by atoms with Crippen molar-refractivity contribution in [1.29, 1.82) is 0 Å². The molecule has 0 aromatic rings. The molecule has 792 valence electrons. The number of carbonyl (C=O) groups excluding carboxylic acids is 19. The van der Waals surface area contributed by atoms with E-state index in [-0.39, 0.29) is 144 Å². The summed E-state index contributed by atoms with van der Waals surface area (Å²) in [4.78, 5) is 265. The third kappa shape index (κ3) is 52.9. The van der Waals surface area contributed by atoms with Crippen LogP contribution in [0.1, 0.15) is 280 Å². The van der Waals surface area contributed by atoms with Crippen LogP contribution in [0.2, 0.25) is 0 Å². The van der Waals surface area contributed by atoms with Gasteiger partial charge < -0.3 is 136 Å². The maximum absolute atomic E-state index is 14.5. The lowest BCUT2D eigenvalue weighted by molar-refractivity contribution is -0.136. The molecule has 0 bridgehead atoms. The van der Waals surface area contributed by atoms with Crippen molar-refractivity contribution in [2.24, 2.45) is 81.6 Å². The van der Waals surface area contributed by atoms with E-state index in [9.17, 15) is 91.1 Å². The first kappa shape index (κ1) is 128. The molecule has 0 rings (SSSR count). The normalized spacial score (nSPS) is 15.6. The maximum Gasteiger partial charge on any atom is 0.243 e. The lowest BCUT2D eigenvalue weighted by Gasteiger charge is -2.28. The van der Waals surface area contributed by atoms with Crippen molar-refractivity contribution in [3.63, 3.8) is 0 Å². The van der Waals surface area contributed by atoms with Crippen LogP contribution in [0.25, 0.3) is 0 Å². The number of nitrogens with one attached hydrogen (secondary N) is 18. The Morgan fingerprint density at radius 1 is 0.188 bits per heavy atom. The highest BCUT2D eigenvalue weighted by Crippen LogP contribution is 2.18. The number of hydrogen-bond acceptors (Lipinski definition) is 26. The number of unbranched alkanes of at least 4 members (excludes halogenated alkanes) is 5. The van der Waals surface area contributed by atoms with Crippen LogP contribution >= 0.6 is 12.6 Å². The molecule has 0 unspecified atom stereocenters. The Bertz CT molecular complexity index is 3840. The van der Waals surface area contributed by atoms with Crippen LogP contribution < -0.4 is 136 Å². The van der Waals surface area contributed by atoms with E-state index in [1.807, 2.05) is 27.7 Å². The number of thiol groups is 1. The minimum atomic E-state index is -1.37. The van der Waals surface area contributed by atoms with E-state index in [4.69, 9.17) is 40.1 Å². The Morgan fingerprint density at radius 3 is 0.507 bits per heavy atom. The number of carbonyl (C=O) groups is 19. The van der Waals surface area contributed by atoms with Gasteiger partial charge in [-0.15, -0.1) is 0 Å². The number of nitrogens with two attached hydrogens (primary N) is 7. The zero-order valence-electron chi connectivity index (χ0n) is 85.6. The van der Waals surface area contributed by atoms with Crippen molar-refractivity contribution in [2.45, 2.75) is 395 Å². The summed E-state index contributed by atoms with van der Waals surface area (Å²) in [5.74, 6) is -16.0. The third-order valence-electron chi connectivity index (χ3n) is 22.4. The highest BCUT2D eigenvalue weighted by Gasteiger charge is 2.40. The molecule has 0 radical (unpaired) electrons. The third-order valence-corrected chi connectivity index (χ3v) is 22.7. The van der Waals surface area contributed by atoms with Crippen molar-refractivity contribution in [1.82, 2.24) is 95.7 Å². The molecule has 0 aromatic carbocycles. The standard InChI is InChI=1S/C93H175N25O19S/c1-49(2)41-67(115-82(126)62(99)31-21-26-36-94)87(131)104-59(18)79(123)114-73(47-55(13)14)93(137)110-66(35-25-30-40-98)85(129)116-68(42-50(3)4)88(132)105-60(19)80(124)113-71(45-53(9)10)91(135)108-64(33-23-28-38-96)84(128)103-58(17)78(122)112-70(44-52(7)8)90(134)107-63(32-22-27-37-95)83(127)102-56(15)76(120)101-57(16)77(121)111-72(46-54(11)12)92(136)109-65(34-24-29-39-97)86(130)117-69(43-51(5)6)89(133)106-61(20)81(125)118-74(48-138)75(100)119/h49-74,138H,21-48,94-99H2,1-20H3,(H2,100,119)(H,101,120)(H,102,127)(H,103,128)(H,104,131)(H,105,132)(H,106,133)(H,107,134)(H,108,135)(H,109,136)(H,110,137)(H,111,121)(H,112,122)(H,113,124)(H,114,123)(H,115,126)(H,116,129)(H,117,130)(H,118,125)/t56-,57-,58-,59-,60-,61-,62-,63-,64-,65-,66-,67-,68-,69-,70-,71-,72-,73-,74-/m0/s1. The van der Waals surface area contributed by atoms with Crippen LogP contribution in [0.15, 0.2) is 0 Å². The van der Waals surface area contributed by atoms with E-state index in [1.54, 1.807) is 69.2 Å². The molecule has 0 saturated heterocycles. The van der Waals surface area contributed by atoms with Crippen molar-refractivity contribution in [2.75, 3.05) is 38.5 Å². The molecule has 44 nitrogen and oxygen atoms in total. The fourth-order valence-corrected chi connectivity index (χ4v) is 14.8. The molecule has 0 aromatic heterocycles. The van der Waals surface area contributed by atoms with Gasteiger partial charge in [0, 0.05) is 5.75 Å². The molecule has 45 heteroatoms. The van der Waals surface area contributed by atoms with Gasteiger partial charge in [0.05, 0.1) is 6.04 Å². The minimum Gasteiger partial charge on any atom is -0.368 e. The second-order valence-corrected chi connectivity index (χ2v) is 39.5. The van der Waals surface area contributed by atoms with E-state index < -0.39 is 227 Å². The highest BCUT2D eigenvalue weighted by molar-refractivity contribution is 7.80. The van der Waals surface area contributed by atoms with Crippen LogP contribution in [0.4, 0.5) is 0 Å². The average molecular weight is 1980 g/mol. The number of rotatable bonds is 72. The Labute approximate surface area is 822 Å². The lowest BCUT2D eigenvalue weighted by atomic mass is 10.00. The molecule has 0 aliphatic rings. The SMILES string of the molecule is CC(C)C[C@H](NC(=O)[C@H](C)NC(=O)[C@H](CCCCN)NC(=O)[C@H](CC(C)C)NC(=O)[C@H](C)NC(=O)[C@H](CC(C)C)NC(=O)[C@H](CCCCN)NC(=O)[C@H](CC(C)C)NC(=O)[C@H](C)NC(=O)[C@H](CC(C)C)NC(=O)[C@@H](N)CCCCN)C(=O)N[C@@H](CCCCN)C(=O)N[C@@H](C)C(=O)N[C@@H](C)C(=O)N[C@@H](CC(C)C)C(=O)N[C@@H](CCCCN)C(=O)N[C@@H](CC(C)C)C(=O)N[C@@H](C)C(=O)N[C@@H](CS)C(N)=O. The van der Waals surface area contributed by atoms with Gasteiger partial charge in [-0.2, -0.15) is 12.6 Å². The molecule has 138 heavy (non-hydrogen) atoms. The Morgan fingerprint density at radius 2 is 0.326 bits per heavy atom. The molecule has 0 saturated carbocycles. The summed E-state index contributed by atoms with van der Waals surface area (Å²) >= 11 is 4.04. The summed E-state index contributed by atoms with van der Waals surface area (Å²) in [6, 6.07) is -23.6. The maximum atomic E-state index is 14.5. The fraction of sp³-hybridized carbons (Fsp3) is 0.796. The molecule has 0 spiro atoms. The van der Waals surface area contributed by atoms with Crippen molar-refractivity contribution in [3.05, 3.63) is 0 Å². The second kappa shape index (κ2) is 69.0. The summed E-state index contributed by atoms with van der Waals surface area (Å²) in [5.41, 5.74) is 40.4. The number of amides is 19. The Kier molecular flexibility index (Phi) is 64.0.